The van der Waals surface area contributed by atoms with Crippen LogP contribution in [0.5, 0.6) is 0 Å². The van der Waals surface area contributed by atoms with Gasteiger partial charge in [-0.05, 0) is 47.7 Å². The molecule has 0 aliphatic carbocycles. The van der Waals surface area contributed by atoms with Crippen LogP contribution >= 0.6 is 34.5 Å². The quantitative estimate of drug-likeness (QED) is 0.569. The standard InChI is InChI=1S/C19H16Cl2N2OS/c20-17-6-5-15(11-18(17)21)19(24)23(9-7-16-4-2-10-25-16)13-14-3-1-8-22-12-14/h1-6,8,10-12H,7,9,13H2. The predicted molar refractivity (Wildman–Crippen MR) is 103 cm³/mol. The summed E-state index contributed by atoms with van der Waals surface area (Å²) in [5.41, 5.74) is 1.52. The van der Waals surface area contributed by atoms with E-state index in [4.69, 9.17) is 23.2 Å². The van der Waals surface area contributed by atoms with Crippen LogP contribution in [-0.2, 0) is 13.0 Å². The van der Waals surface area contributed by atoms with Crippen molar-refractivity contribution >= 4 is 40.4 Å². The number of nitrogens with zero attached hydrogens (tertiary/aromatic N) is 2. The lowest BCUT2D eigenvalue weighted by Gasteiger charge is -2.23. The second-order valence-corrected chi connectivity index (χ2v) is 7.39. The highest BCUT2D eigenvalue weighted by atomic mass is 35.5. The lowest BCUT2D eigenvalue weighted by atomic mass is 10.1. The number of carbonyl (C=O) groups is 1. The molecule has 2 aromatic heterocycles. The molecule has 25 heavy (non-hydrogen) atoms. The molecule has 0 N–H and O–H groups in total. The minimum atomic E-state index is -0.0704. The van der Waals surface area contributed by atoms with Crippen LogP contribution in [0, 0.1) is 0 Å². The van der Waals surface area contributed by atoms with Gasteiger partial charge < -0.3 is 4.90 Å². The monoisotopic (exact) mass is 390 g/mol. The molecule has 0 aliphatic heterocycles. The number of hydrogen-bond acceptors (Lipinski definition) is 3. The number of pyridine rings is 1. The predicted octanol–water partition coefficient (Wildman–Crippen LogP) is 5.34. The minimum absolute atomic E-state index is 0.0704. The molecule has 1 amide bonds. The van der Waals surface area contributed by atoms with E-state index in [9.17, 15) is 4.79 Å². The van der Waals surface area contributed by atoms with Crippen molar-refractivity contribution in [1.29, 1.82) is 0 Å². The van der Waals surface area contributed by atoms with Gasteiger partial charge in [0.05, 0.1) is 10.0 Å². The lowest BCUT2D eigenvalue weighted by Crippen LogP contribution is -2.32. The van der Waals surface area contributed by atoms with Crippen molar-refractivity contribution in [2.75, 3.05) is 6.54 Å². The zero-order valence-corrected chi connectivity index (χ0v) is 15.7. The topological polar surface area (TPSA) is 33.2 Å². The van der Waals surface area contributed by atoms with Crippen molar-refractivity contribution in [1.82, 2.24) is 9.88 Å². The minimum Gasteiger partial charge on any atom is -0.334 e. The van der Waals surface area contributed by atoms with Crippen molar-refractivity contribution in [2.45, 2.75) is 13.0 Å². The second-order valence-electron chi connectivity index (χ2n) is 5.55. The fraction of sp³-hybridized carbons (Fsp3) is 0.158. The molecule has 0 radical (unpaired) electrons. The Bertz CT molecular complexity index is 838. The maximum atomic E-state index is 13.0. The molecule has 0 saturated heterocycles. The van der Waals surface area contributed by atoms with Crippen LogP contribution in [0.3, 0.4) is 0 Å². The van der Waals surface area contributed by atoms with E-state index in [1.165, 1.54) is 4.88 Å². The molecule has 0 fully saturated rings. The van der Waals surface area contributed by atoms with Gasteiger partial charge in [-0.25, -0.2) is 0 Å². The summed E-state index contributed by atoms with van der Waals surface area (Å²) < 4.78 is 0. The molecule has 0 saturated carbocycles. The van der Waals surface area contributed by atoms with Crippen molar-refractivity contribution < 1.29 is 4.79 Å². The second kappa shape index (κ2) is 8.48. The van der Waals surface area contributed by atoms with Crippen LogP contribution in [0.15, 0.2) is 60.2 Å². The van der Waals surface area contributed by atoms with Crippen LogP contribution in [0.2, 0.25) is 10.0 Å². The van der Waals surface area contributed by atoms with E-state index in [1.807, 2.05) is 28.5 Å². The zero-order valence-electron chi connectivity index (χ0n) is 13.4. The number of thiophene rings is 1. The van der Waals surface area contributed by atoms with E-state index in [0.717, 1.165) is 12.0 Å². The number of benzene rings is 1. The maximum absolute atomic E-state index is 13.0. The first-order chi connectivity index (χ1) is 12.1. The van der Waals surface area contributed by atoms with Gasteiger partial charge in [0, 0.05) is 35.9 Å². The van der Waals surface area contributed by atoms with Gasteiger partial charge in [-0.15, -0.1) is 11.3 Å². The van der Waals surface area contributed by atoms with Crippen LogP contribution in [0.1, 0.15) is 20.8 Å². The Hall–Kier alpha value is -1.88. The van der Waals surface area contributed by atoms with Crippen molar-refractivity contribution in [3.63, 3.8) is 0 Å². The molecule has 3 aromatic rings. The first-order valence-electron chi connectivity index (χ1n) is 7.79. The number of carbonyl (C=O) groups excluding carboxylic acids is 1. The first-order valence-corrected chi connectivity index (χ1v) is 9.42. The highest BCUT2D eigenvalue weighted by Crippen LogP contribution is 2.24. The molecular formula is C19H16Cl2N2OS. The first kappa shape index (κ1) is 17.9. The third-order valence-electron chi connectivity index (χ3n) is 3.76. The van der Waals surface area contributed by atoms with E-state index < -0.39 is 0 Å². The summed E-state index contributed by atoms with van der Waals surface area (Å²) in [5, 5.41) is 2.87. The number of amides is 1. The van der Waals surface area contributed by atoms with Gasteiger partial charge in [-0.3, -0.25) is 9.78 Å². The smallest absolute Gasteiger partial charge is 0.254 e. The molecule has 1 aromatic carbocycles. The van der Waals surface area contributed by atoms with Gasteiger partial charge in [-0.2, -0.15) is 0 Å². The third-order valence-corrected chi connectivity index (χ3v) is 5.43. The SMILES string of the molecule is O=C(c1ccc(Cl)c(Cl)c1)N(CCc1cccs1)Cc1cccnc1. The van der Waals surface area contributed by atoms with Gasteiger partial charge in [0.1, 0.15) is 0 Å². The van der Waals surface area contributed by atoms with Crippen molar-refractivity contribution in [2.24, 2.45) is 0 Å². The average molecular weight is 391 g/mol. The fourth-order valence-electron chi connectivity index (χ4n) is 2.48. The summed E-state index contributed by atoms with van der Waals surface area (Å²) in [7, 11) is 0. The van der Waals surface area contributed by atoms with Crippen LogP contribution < -0.4 is 0 Å². The molecule has 0 unspecified atom stereocenters. The van der Waals surface area contributed by atoms with Gasteiger partial charge in [-0.1, -0.05) is 35.3 Å². The summed E-state index contributed by atoms with van der Waals surface area (Å²) in [5.74, 6) is -0.0704. The maximum Gasteiger partial charge on any atom is 0.254 e. The molecule has 6 heteroatoms. The lowest BCUT2D eigenvalue weighted by molar-refractivity contribution is 0.0745. The molecule has 128 valence electrons. The summed E-state index contributed by atoms with van der Waals surface area (Å²) in [4.78, 5) is 20.2. The molecule has 0 atom stereocenters. The Kier molecular flexibility index (Phi) is 6.08. The number of halogens is 2. The molecule has 0 bridgehead atoms. The van der Waals surface area contributed by atoms with Crippen LogP contribution in [0.4, 0.5) is 0 Å². The Morgan fingerprint density at radius 2 is 2.00 bits per heavy atom. The van der Waals surface area contributed by atoms with E-state index >= 15 is 0 Å². The summed E-state index contributed by atoms with van der Waals surface area (Å²) in [6.07, 6.45) is 4.31. The Morgan fingerprint density at radius 1 is 1.12 bits per heavy atom. The average Bonchev–Trinajstić information content (AvgIpc) is 3.15. The van der Waals surface area contributed by atoms with Gasteiger partial charge in [0.25, 0.3) is 5.91 Å². The summed E-state index contributed by atoms with van der Waals surface area (Å²) >= 11 is 13.7. The normalized spacial score (nSPS) is 10.6. The van der Waals surface area contributed by atoms with Crippen molar-refractivity contribution in [3.05, 3.63) is 86.3 Å². The van der Waals surface area contributed by atoms with Crippen molar-refractivity contribution in [3.8, 4) is 0 Å². The molecule has 0 aliphatic rings. The fourth-order valence-corrected chi connectivity index (χ4v) is 3.47. The Labute approximate surface area is 160 Å². The van der Waals surface area contributed by atoms with E-state index in [0.29, 0.717) is 28.7 Å². The molecule has 3 rings (SSSR count). The Balaban J connectivity index is 1.80. The van der Waals surface area contributed by atoms with E-state index in [1.54, 1.807) is 41.9 Å². The highest BCUT2D eigenvalue weighted by molar-refractivity contribution is 7.09. The number of rotatable bonds is 6. The number of hydrogen-bond donors (Lipinski definition) is 0. The zero-order chi connectivity index (χ0) is 17.6. The van der Waals surface area contributed by atoms with Crippen LogP contribution in [0.25, 0.3) is 0 Å². The Morgan fingerprint density at radius 3 is 2.68 bits per heavy atom. The van der Waals surface area contributed by atoms with Crippen LogP contribution in [-0.4, -0.2) is 22.3 Å². The number of aromatic nitrogens is 1. The largest absolute Gasteiger partial charge is 0.334 e. The summed E-state index contributed by atoms with van der Waals surface area (Å²) in [6.45, 7) is 1.12. The summed E-state index contributed by atoms with van der Waals surface area (Å²) in [6, 6.07) is 12.9. The third kappa shape index (κ3) is 4.82. The molecular weight excluding hydrogens is 375 g/mol. The molecule has 3 nitrogen and oxygen atoms in total. The van der Waals surface area contributed by atoms with Gasteiger partial charge in [0.2, 0.25) is 0 Å². The molecule has 0 spiro atoms. The highest BCUT2D eigenvalue weighted by Gasteiger charge is 2.17. The van der Waals surface area contributed by atoms with Gasteiger partial charge >= 0.3 is 0 Å². The molecule has 2 heterocycles. The van der Waals surface area contributed by atoms with Gasteiger partial charge in [0.15, 0.2) is 0 Å². The van der Waals surface area contributed by atoms with E-state index in [-0.39, 0.29) is 5.91 Å². The van der Waals surface area contributed by atoms with E-state index in [2.05, 4.69) is 11.1 Å².